The van der Waals surface area contributed by atoms with E-state index >= 15 is 0 Å². The molecular formula is C30H37N3O2. The van der Waals surface area contributed by atoms with Crippen LogP contribution in [0.5, 0.6) is 5.75 Å². The van der Waals surface area contributed by atoms with E-state index in [9.17, 15) is 4.79 Å². The van der Waals surface area contributed by atoms with Gasteiger partial charge in [-0.15, -0.1) is 0 Å². The minimum atomic E-state index is -0.558. The topological polar surface area (TPSA) is 44.8 Å². The minimum absolute atomic E-state index is 0.0924. The molecule has 1 aliphatic heterocycles. The summed E-state index contributed by atoms with van der Waals surface area (Å²) in [5.41, 5.74) is 6.48. The van der Waals surface area contributed by atoms with Crippen LogP contribution in [0.1, 0.15) is 40.8 Å². The number of hydrogen-bond donors (Lipinski definition) is 1. The van der Waals surface area contributed by atoms with Gasteiger partial charge in [0, 0.05) is 26.2 Å². The molecule has 0 unspecified atom stereocenters. The number of fused-ring (bicyclic) bond motifs is 1. The van der Waals surface area contributed by atoms with Gasteiger partial charge in [0.1, 0.15) is 5.75 Å². The lowest BCUT2D eigenvalue weighted by Gasteiger charge is -2.38. The fourth-order valence-electron chi connectivity index (χ4n) is 4.76. The molecule has 184 valence electrons. The Balaban J connectivity index is 1.57. The zero-order valence-electron chi connectivity index (χ0n) is 21.3. The van der Waals surface area contributed by atoms with E-state index in [1.54, 1.807) is 0 Å². The van der Waals surface area contributed by atoms with E-state index in [1.807, 2.05) is 32.0 Å². The quantitative estimate of drug-likeness (QED) is 0.496. The van der Waals surface area contributed by atoms with Crippen LogP contribution in [0.15, 0.2) is 72.8 Å². The maximum Gasteiger partial charge on any atom is 0.260 e. The number of rotatable bonds is 9. The molecule has 1 heterocycles. The van der Waals surface area contributed by atoms with Gasteiger partial charge in [-0.25, -0.2) is 0 Å². The molecule has 35 heavy (non-hydrogen) atoms. The molecule has 4 rings (SSSR count). The summed E-state index contributed by atoms with van der Waals surface area (Å²) in [6, 6.07) is 25.9. The number of amides is 1. The number of carbonyl (C=O) groups excluding carboxylic acids is 1. The van der Waals surface area contributed by atoms with Crippen molar-refractivity contribution in [3.63, 3.8) is 0 Å². The molecule has 1 aliphatic rings. The predicted molar refractivity (Wildman–Crippen MR) is 142 cm³/mol. The van der Waals surface area contributed by atoms with E-state index in [-0.39, 0.29) is 11.9 Å². The molecule has 0 saturated heterocycles. The third-order valence-corrected chi connectivity index (χ3v) is 6.57. The number of carbonyl (C=O) groups is 1. The van der Waals surface area contributed by atoms with Gasteiger partial charge < -0.3 is 15.0 Å². The van der Waals surface area contributed by atoms with Crippen LogP contribution in [0.2, 0.25) is 0 Å². The molecule has 1 amide bonds. The number of hydrogen-bond acceptors (Lipinski definition) is 4. The maximum absolute atomic E-state index is 12.5. The van der Waals surface area contributed by atoms with Gasteiger partial charge in [0.05, 0.1) is 6.04 Å². The highest BCUT2D eigenvalue weighted by atomic mass is 16.5. The standard InChI is InChI=1S/C30H37N3O2/c1-22-9-8-10-24(19-22)21-33-17-15-25-13-14-27(35-23(2)30(34)31-16-18-32(3)4)20-28(25)29(33)26-11-6-5-7-12-26/h5-14,19-20,23,29H,15-18,21H2,1-4H3,(H,31,34)/t23-,29-/m0/s1. The highest BCUT2D eigenvalue weighted by Crippen LogP contribution is 2.38. The Morgan fingerprint density at radius 3 is 2.63 bits per heavy atom. The second-order valence-corrected chi connectivity index (χ2v) is 9.74. The van der Waals surface area contributed by atoms with Gasteiger partial charge in [-0.2, -0.15) is 0 Å². The summed E-state index contributed by atoms with van der Waals surface area (Å²) in [4.78, 5) is 17.1. The van der Waals surface area contributed by atoms with E-state index in [1.165, 1.54) is 27.8 Å². The summed E-state index contributed by atoms with van der Waals surface area (Å²) in [5.74, 6) is 0.641. The van der Waals surface area contributed by atoms with Crippen molar-refractivity contribution >= 4 is 5.91 Å². The van der Waals surface area contributed by atoms with Crippen LogP contribution in [0.4, 0.5) is 0 Å². The Morgan fingerprint density at radius 1 is 1.09 bits per heavy atom. The first kappa shape index (κ1) is 25.0. The normalized spacial score (nSPS) is 16.5. The Kier molecular flexibility index (Phi) is 8.21. The van der Waals surface area contributed by atoms with Gasteiger partial charge >= 0.3 is 0 Å². The van der Waals surface area contributed by atoms with Gasteiger partial charge in [0.2, 0.25) is 0 Å². The molecule has 0 spiro atoms. The fourth-order valence-corrected chi connectivity index (χ4v) is 4.76. The summed E-state index contributed by atoms with van der Waals surface area (Å²) in [6.45, 7) is 7.23. The largest absolute Gasteiger partial charge is 0.481 e. The van der Waals surface area contributed by atoms with Crippen molar-refractivity contribution < 1.29 is 9.53 Å². The van der Waals surface area contributed by atoms with E-state index in [4.69, 9.17) is 4.74 Å². The van der Waals surface area contributed by atoms with Crippen molar-refractivity contribution in [1.82, 2.24) is 15.1 Å². The first-order chi connectivity index (χ1) is 16.9. The zero-order chi connectivity index (χ0) is 24.8. The second kappa shape index (κ2) is 11.5. The molecule has 2 atom stereocenters. The molecule has 0 radical (unpaired) electrons. The Hall–Kier alpha value is -3.15. The lowest BCUT2D eigenvalue weighted by molar-refractivity contribution is -0.127. The van der Waals surface area contributed by atoms with Crippen molar-refractivity contribution in [2.45, 2.75) is 39.0 Å². The van der Waals surface area contributed by atoms with Crippen molar-refractivity contribution in [1.29, 1.82) is 0 Å². The molecule has 5 heteroatoms. The van der Waals surface area contributed by atoms with Gasteiger partial charge in [-0.05, 0) is 68.8 Å². The van der Waals surface area contributed by atoms with Gasteiger partial charge in [-0.3, -0.25) is 9.69 Å². The van der Waals surface area contributed by atoms with Crippen LogP contribution in [0.25, 0.3) is 0 Å². The molecule has 3 aromatic rings. The summed E-state index contributed by atoms with van der Waals surface area (Å²) in [7, 11) is 3.98. The highest BCUT2D eigenvalue weighted by molar-refractivity contribution is 5.80. The Labute approximate surface area is 209 Å². The molecule has 1 N–H and O–H groups in total. The van der Waals surface area contributed by atoms with E-state index in [2.05, 4.69) is 83.9 Å². The summed E-state index contributed by atoms with van der Waals surface area (Å²) in [5, 5.41) is 2.96. The molecule has 0 aliphatic carbocycles. The molecular weight excluding hydrogens is 434 g/mol. The number of aryl methyl sites for hydroxylation is 1. The predicted octanol–water partition coefficient (Wildman–Crippen LogP) is 4.59. The third kappa shape index (κ3) is 6.50. The fraction of sp³-hybridized carbons (Fsp3) is 0.367. The maximum atomic E-state index is 12.5. The first-order valence-electron chi connectivity index (χ1n) is 12.5. The molecule has 3 aromatic carbocycles. The molecule has 0 aromatic heterocycles. The summed E-state index contributed by atoms with van der Waals surface area (Å²) in [6.07, 6.45) is 0.433. The van der Waals surface area contributed by atoms with Crippen LogP contribution in [0, 0.1) is 6.92 Å². The highest BCUT2D eigenvalue weighted by Gasteiger charge is 2.29. The Morgan fingerprint density at radius 2 is 1.89 bits per heavy atom. The van der Waals surface area contributed by atoms with Crippen LogP contribution in [-0.4, -0.2) is 55.5 Å². The third-order valence-electron chi connectivity index (χ3n) is 6.57. The smallest absolute Gasteiger partial charge is 0.260 e. The molecule has 0 saturated carbocycles. The van der Waals surface area contributed by atoms with Crippen molar-refractivity contribution in [3.05, 3.63) is 101 Å². The number of ether oxygens (including phenoxy) is 1. The second-order valence-electron chi connectivity index (χ2n) is 9.74. The number of nitrogens with one attached hydrogen (secondary N) is 1. The van der Waals surface area contributed by atoms with E-state index in [0.717, 1.165) is 31.8 Å². The summed E-state index contributed by atoms with van der Waals surface area (Å²) < 4.78 is 6.11. The minimum Gasteiger partial charge on any atom is -0.481 e. The van der Waals surface area contributed by atoms with Gasteiger partial charge in [0.15, 0.2) is 6.10 Å². The van der Waals surface area contributed by atoms with Crippen molar-refractivity contribution in [3.8, 4) is 5.75 Å². The molecule has 0 bridgehead atoms. The zero-order valence-corrected chi connectivity index (χ0v) is 21.3. The molecule has 5 nitrogen and oxygen atoms in total. The van der Waals surface area contributed by atoms with Crippen molar-refractivity contribution in [2.24, 2.45) is 0 Å². The molecule has 0 fully saturated rings. The lowest BCUT2D eigenvalue weighted by atomic mass is 9.87. The number of likely N-dealkylation sites (N-methyl/N-ethyl adjacent to an activating group) is 1. The first-order valence-corrected chi connectivity index (χ1v) is 12.5. The van der Waals surface area contributed by atoms with Crippen LogP contribution >= 0.6 is 0 Å². The Bertz CT molecular complexity index is 1130. The van der Waals surface area contributed by atoms with Crippen LogP contribution in [-0.2, 0) is 17.8 Å². The van der Waals surface area contributed by atoms with E-state index in [0.29, 0.717) is 6.54 Å². The van der Waals surface area contributed by atoms with Gasteiger partial charge in [0.25, 0.3) is 5.91 Å². The number of benzene rings is 3. The van der Waals surface area contributed by atoms with Crippen LogP contribution < -0.4 is 10.1 Å². The SMILES string of the molecule is Cc1cccc(CN2CCc3ccc(O[C@@H](C)C(=O)NCCN(C)C)cc3[C@@H]2c2ccccc2)c1. The monoisotopic (exact) mass is 471 g/mol. The van der Waals surface area contributed by atoms with Gasteiger partial charge in [-0.1, -0.05) is 66.2 Å². The van der Waals surface area contributed by atoms with Crippen molar-refractivity contribution in [2.75, 3.05) is 33.7 Å². The summed E-state index contributed by atoms with van der Waals surface area (Å²) >= 11 is 0. The number of nitrogens with zero attached hydrogens (tertiary/aromatic N) is 2. The van der Waals surface area contributed by atoms with Crippen LogP contribution in [0.3, 0.4) is 0 Å². The average molecular weight is 472 g/mol. The lowest BCUT2D eigenvalue weighted by Crippen LogP contribution is -2.39. The average Bonchev–Trinajstić information content (AvgIpc) is 2.84. The van der Waals surface area contributed by atoms with E-state index < -0.39 is 6.10 Å².